The molecule has 0 aromatic heterocycles. The first-order chi connectivity index (χ1) is 9.85. The largest absolute Gasteiger partial charge is 0.380 e. The summed E-state index contributed by atoms with van der Waals surface area (Å²) in [6.07, 6.45) is -0.102. The molecule has 2 N–H and O–H groups in total. The van der Waals surface area contributed by atoms with E-state index in [0.29, 0.717) is 12.1 Å². The molecule has 2 amide bonds. The van der Waals surface area contributed by atoms with Gasteiger partial charge in [0.1, 0.15) is 6.04 Å². The number of hydrogen-bond donors (Lipinski definition) is 1. The van der Waals surface area contributed by atoms with Gasteiger partial charge >= 0.3 is 0 Å². The Morgan fingerprint density at radius 2 is 2.00 bits per heavy atom. The van der Waals surface area contributed by atoms with Crippen molar-refractivity contribution in [2.45, 2.75) is 18.6 Å². The van der Waals surface area contributed by atoms with Crippen molar-refractivity contribution in [3.8, 4) is 0 Å². The number of primary amides is 1. The summed E-state index contributed by atoms with van der Waals surface area (Å²) >= 11 is 5.77. The Balaban J connectivity index is 2.34. The smallest absolute Gasteiger partial charge is 0.256 e. The topological polar surface area (TPSA) is 72.6 Å². The highest BCUT2D eigenvalue weighted by atomic mass is 35.5. The Labute approximate surface area is 124 Å². The van der Waals surface area contributed by atoms with Crippen LogP contribution in [0.4, 0.5) is 8.78 Å². The van der Waals surface area contributed by atoms with E-state index in [1.165, 1.54) is 7.11 Å². The number of hydrogen-bond acceptors (Lipinski definition) is 3. The van der Waals surface area contributed by atoms with Crippen molar-refractivity contribution in [1.82, 2.24) is 4.90 Å². The van der Waals surface area contributed by atoms with Crippen LogP contribution in [0, 0.1) is 11.6 Å². The summed E-state index contributed by atoms with van der Waals surface area (Å²) in [7, 11) is 1.45. The minimum Gasteiger partial charge on any atom is -0.380 e. The molecule has 1 saturated heterocycles. The fraction of sp³-hybridized carbons (Fsp3) is 0.385. The summed E-state index contributed by atoms with van der Waals surface area (Å²) in [5, 5.41) is -0.233. The normalized spacial score (nSPS) is 21.6. The minimum atomic E-state index is -1.19. The Hall–Kier alpha value is -1.73. The molecule has 21 heavy (non-hydrogen) atoms. The summed E-state index contributed by atoms with van der Waals surface area (Å²) in [5.41, 5.74) is 5.03. The van der Waals surface area contributed by atoms with Crippen LogP contribution in [-0.2, 0) is 9.53 Å². The molecule has 0 bridgehead atoms. The van der Waals surface area contributed by atoms with Crippen molar-refractivity contribution < 1.29 is 23.1 Å². The number of likely N-dealkylation sites (tertiary alicyclic amines) is 1. The quantitative estimate of drug-likeness (QED) is 0.855. The lowest BCUT2D eigenvalue weighted by molar-refractivity contribution is -0.121. The van der Waals surface area contributed by atoms with Gasteiger partial charge in [0.25, 0.3) is 5.91 Å². The van der Waals surface area contributed by atoms with Crippen LogP contribution in [0.25, 0.3) is 0 Å². The van der Waals surface area contributed by atoms with E-state index in [4.69, 9.17) is 22.1 Å². The van der Waals surface area contributed by atoms with Crippen LogP contribution in [0.1, 0.15) is 16.8 Å². The second kappa shape index (κ2) is 5.95. The zero-order valence-corrected chi connectivity index (χ0v) is 11.9. The highest BCUT2D eigenvalue weighted by Gasteiger charge is 2.39. The van der Waals surface area contributed by atoms with Crippen molar-refractivity contribution >= 4 is 23.4 Å². The Bertz CT molecular complexity index is 597. The molecule has 1 aliphatic heterocycles. The van der Waals surface area contributed by atoms with Crippen LogP contribution in [0.2, 0.25) is 5.02 Å². The van der Waals surface area contributed by atoms with Gasteiger partial charge < -0.3 is 15.4 Å². The molecule has 2 atom stereocenters. The van der Waals surface area contributed by atoms with Gasteiger partial charge in [-0.05, 0) is 12.1 Å². The molecule has 8 heteroatoms. The maximum absolute atomic E-state index is 13.3. The molecule has 1 aromatic rings. The first-order valence-electron chi connectivity index (χ1n) is 6.12. The molecule has 0 radical (unpaired) electrons. The molecule has 1 aliphatic rings. The number of halogens is 3. The van der Waals surface area contributed by atoms with E-state index in [9.17, 15) is 18.4 Å². The number of amides is 2. The highest BCUT2D eigenvalue weighted by molar-refractivity contribution is 6.33. The Morgan fingerprint density at radius 1 is 1.38 bits per heavy atom. The molecule has 1 heterocycles. The molecule has 0 unspecified atom stereocenters. The molecular formula is C13H13ClF2N2O3. The van der Waals surface area contributed by atoms with Crippen LogP contribution in [0.5, 0.6) is 0 Å². The predicted octanol–water partition coefficient (Wildman–Crippen LogP) is 1.33. The molecule has 0 spiro atoms. The van der Waals surface area contributed by atoms with E-state index < -0.39 is 29.5 Å². The van der Waals surface area contributed by atoms with Gasteiger partial charge in [-0.1, -0.05) is 11.6 Å². The maximum atomic E-state index is 13.3. The molecule has 5 nitrogen and oxygen atoms in total. The van der Waals surface area contributed by atoms with Gasteiger partial charge in [0.15, 0.2) is 11.6 Å². The third-order valence-corrected chi connectivity index (χ3v) is 3.74. The summed E-state index contributed by atoms with van der Waals surface area (Å²) in [6, 6.07) is 0.553. The number of nitrogens with two attached hydrogens (primary N) is 1. The van der Waals surface area contributed by atoms with Crippen molar-refractivity contribution in [2.75, 3.05) is 13.7 Å². The molecule has 114 valence electrons. The van der Waals surface area contributed by atoms with Crippen molar-refractivity contribution in [2.24, 2.45) is 5.73 Å². The van der Waals surface area contributed by atoms with E-state index in [1.54, 1.807) is 0 Å². The lowest BCUT2D eigenvalue weighted by atomic mass is 10.1. The summed E-state index contributed by atoms with van der Waals surface area (Å²) < 4.78 is 31.4. The summed E-state index contributed by atoms with van der Waals surface area (Å²) in [4.78, 5) is 25.0. The first kappa shape index (κ1) is 15.7. The van der Waals surface area contributed by atoms with Crippen LogP contribution < -0.4 is 5.73 Å². The lowest BCUT2D eigenvalue weighted by Gasteiger charge is -2.22. The minimum absolute atomic E-state index is 0.123. The monoisotopic (exact) mass is 318 g/mol. The number of methoxy groups -OCH3 is 1. The third kappa shape index (κ3) is 2.98. The van der Waals surface area contributed by atoms with Crippen LogP contribution in [-0.4, -0.2) is 42.5 Å². The second-order valence-corrected chi connectivity index (χ2v) is 5.12. The zero-order chi connectivity index (χ0) is 15.7. The van der Waals surface area contributed by atoms with Crippen LogP contribution in [0.3, 0.4) is 0 Å². The van der Waals surface area contributed by atoms with E-state index in [-0.39, 0.29) is 29.7 Å². The van der Waals surface area contributed by atoms with Crippen LogP contribution in [0.15, 0.2) is 12.1 Å². The number of carbonyl (C=O) groups excluding carboxylic acids is 2. The van der Waals surface area contributed by atoms with Gasteiger partial charge in [-0.25, -0.2) is 8.78 Å². The van der Waals surface area contributed by atoms with Crippen molar-refractivity contribution in [3.05, 3.63) is 34.4 Å². The third-order valence-electron chi connectivity index (χ3n) is 3.43. The SMILES string of the molecule is CO[C@H]1C[C@@H](C(N)=O)N(C(=O)c2cc(F)c(F)cc2Cl)C1. The second-order valence-electron chi connectivity index (χ2n) is 4.72. The molecule has 0 aliphatic carbocycles. The first-order valence-corrected chi connectivity index (χ1v) is 6.50. The van der Waals surface area contributed by atoms with Crippen molar-refractivity contribution in [3.63, 3.8) is 0 Å². The van der Waals surface area contributed by atoms with Gasteiger partial charge in [-0.15, -0.1) is 0 Å². The zero-order valence-electron chi connectivity index (χ0n) is 11.1. The number of benzene rings is 1. The molecule has 2 rings (SSSR count). The average Bonchev–Trinajstić information content (AvgIpc) is 2.86. The van der Waals surface area contributed by atoms with Gasteiger partial charge in [-0.3, -0.25) is 9.59 Å². The van der Waals surface area contributed by atoms with Gasteiger partial charge in [0.05, 0.1) is 16.7 Å². The maximum Gasteiger partial charge on any atom is 0.256 e. The summed E-state index contributed by atoms with van der Waals surface area (Å²) in [6.45, 7) is 0.123. The van der Waals surface area contributed by atoms with E-state index in [2.05, 4.69) is 0 Å². The fourth-order valence-corrected chi connectivity index (χ4v) is 2.53. The highest BCUT2D eigenvalue weighted by Crippen LogP contribution is 2.26. The average molecular weight is 319 g/mol. The number of ether oxygens (including phenoxy) is 1. The van der Waals surface area contributed by atoms with Gasteiger partial charge in [0.2, 0.25) is 5.91 Å². The molecular weight excluding hydrogens is 306 g/mol. The Kier molecular flexibility index (Phi) is 4.43. The number of nitrogens with zero attached hydrogens (tertiary/aromatic N) is 1. The van der Waals surface area contributed by atoms with E-state index in [1.807, 2.05) is 0 Å². The fourth-order valence-electron chi connectivity index (χ4n) is 2.30. The van der Waals surface area contributed by atoms with Crippen LogP contribution >= 0.6 is 11.6 Å². The molecule has 1 fully saturated rings. The Morgan fingerprint density at radius 3 is 2.57 bits per heavy atom. The van der Waals surface area contributed by atoms with Gasteiger partial charge in [-0.2, -0.15) is 0 Å². The predicted molar refractivity (Wildman–Crippen MR) is 70.8 cm³/mol. The van der Waals surface area contributed by atoms with Crippen molar-refractivity contribution in [1.29, 1.82) is 0 Å². The number of carbonyl (C=O) groups is 2. The molecule has 1 aromatic carbocycles. The number of rotatable bonds is 3. The van der Waals surface area contributed by atoms with E-state index in [0.717, 1.165) is 4.90 Å². The summed E-state index contributed by atoms with van der Waals surface area (Å²) in [5.74, 6) is -3.73. The standard InChI is InChI=1S/C13H13ClF2N2O3/c1-21-6-2-11(12(17)19)18(5-6)13(20)7-3-9(15)10(16)4-8(7)14/h3-4,6,11H,2,5H2,1H3,(H2,17,19)/t6-,11-/m0/s1. The lowest BCUT2D eigenvalue weighted by Crippen LogP contribution is -2.43. The van der Waals surface area contributed by atoms with Gasteiger partial charge in [0, 0.05) is 20.1 Å². The van der Waals surface area contributed by atoms with E-state index >= 15 is 0 Å². The molecule has 0 saturated carbocycles.